The van der Waals surface area contributed by atoms with E-state index in [0.717, 1.165) is 96.2 Å². The van der Waals surface area contributed by atoms with Crippen LogP contribution in [0.3, 0.4) is 0 Å². The normalized spacial score (nSPS) is 13.2. The molecule has 0 aromatic carbocycles. The van der Waals surface area contributed by atoms with E-state index in [1.165, 1.54) is 147 Å². The number of rotatable bonds is 47. The van der Waals surface area contributed by atoms with Crippen LogP contribution in [0.15, 0.2) is 0 Å². The summed E-state index contributed by atoms with van der Waals surface area (Å²) >= 11 is 3.53. The molecule has 73 heavy (non-hydrogen) atoms. The van der Waals surface area contributed by atoms with Gasteiger partial charge in [0.25, 0.3) is 0 Å². The van der Waals surface area contributed by atoms with Gasteiger partial charge in [-0.3, -0.25) is 4.79 Å². The van der Waals surface area contributed by atoms with Crippen LogP contribution in [0.4, 0.5) is 0 Å². The molecule has 0 aromatic heterocycles. The fraction of sp³-hybridized carbons (Fsp3) is 0.984. The predicted octanol–water partition coefficient (Wildman–Crippen LogP) is 18.8. The quantitative estimate of drug-likeness (QED) is 0.0232. The fourth-order valence-corrected chi connectivity index (χ4v) is 9.89. The molecule has 0 aliphatic heterocycles. The molecule has 0 amide bonds. The number of thiol groups is 1. The number of unbranched alkanes of at least 4 members (excludes halogenated alkanes) is 25. The first-order chi connectivity index (χ1) is 34.6. The third-order valence-corrected chi connectivity index (χ3v) is 15.1. The first-order valence-electron chi connectivity index (χ1n) is 30.3. The zero-order chi connectivity index (χ0) is 56.5. The van der Waals surface area contributed by atoms with Gasteiger partial charge in [-0.05, 0) is 152 Å². The molecule has 0 fully saturated rings. The van der Waals surface area contributed by atoms with Crippen molar-refractivity contribution in [3.05, 3.63) is 0 Å². The van der Waals surface area contributed by atoms with Gasteiger partial charge < -0.3 is 33.7 Å². The SMILES string of the molecule is CCCCCCCCC(C)C.CCCCCCCCOC(O)CCCCCN(CCCCO)CCCCCC(OCCCCCCCC)C(=O)S(C)(C)O.CCCCCCCCS(C)(C)C.CS.CS(C)(C)O. The molecule has 8 nitrogen and oxygen atoms in total. The first kappa shape index (κ1) is 82.6. The van der Waals surface area contributed by atoms with E-state index >= 15 is 0 Å². The number of nitrogens with zero attached hydrogens (tertiary/aromatic N) is 1. The van der Waals surface area contributed by atoms with Crippen LogP contribution in [-0.4, -0.2) is 143 Å². The lowest BCUT2D eigenvalue weighted by atomic mass is 10.0. The van der Waals surface area contributed by atoms with Crippen molar-refractivity contribution in [3.63, 3.8) is 0 Å². The molecular weight excluding hydrogens is 987 g/mol. The van der Waals surface area contributed by atoms with Crippen molar-refractivity contribution < 1.29 is 33.6 Å². The highest BCUT2D eigenvalue weighted by atomic mass is 32.3. The molecule has 2 atom stereocenters. The lowest BCUT2D eigenvalue weighted by molar-refractivity contribution is -0.123. The van der Waals surface area contributed by atoms with E-state index in [2.05, 4.69) is 77.8 Å². The lowest BCUT2D eigenvalue weighted by Crippen LogP contribution is -2.29. The summed E-state index contributed by atoms with van der Waals surface area (Å²) in [5, 5.41) is 19.2. The zero-order valence-corrected chi connectivity index (χ0v) is 55.4. The van der Waals surface area contributed by atoms with Gasteiger partial charge in [-0.15, -0.1) is 10.3 Å². The van der Waals surface area contributed by atoms with E-state index in [1.807, 2.05) is 18.8 Å². The van der Waals surface area contributed by atoms with E-state index in [0.29, 0.717) is 26.1 Å². The van der Waals surface area contributed by atoms with E-state index in [9.17, 15) is 19.6 Å². The number of carbonyl (C=O) groups excluding carboxylic acids is 1. The summed E-state index contributed by atoms with van der Waals surface area (Å²) in [7, 11) is -3.66. The first-order valence-corrected chi connectivity index (χ1v) is 39.5. The highest BCUT2D eigenvalue weighted by Gasteiger charge is 2.28. The van der Waals surface area contributed by atoms with Gasteiger partial charge in [0.1, 0.15) is 6.10 Å². The maximum atomic E-state index is 12.8. The fourth-order valence-electron chi connectivity index (χ4n) is 7.99. The van der Waals surface area contributed by atoms with Crippen LogP contribution in [0.1, 0.15) is 266 Å². The average Bonchev–Trinajstić information content (AvgIpc) is 3.31. The Morgan fingerprint density at radius 1 is 0.466 bits per heavy atom. The Morgan fingerprint density at radius 2 is 0.795 bits per heavy atom. The molecule has 0 aliphatic rings. The van der Waals surface area contributed by atoms with Crippen molar-refractivity contribution >= 4 is 48.4 Å². The number of hydrogen-bond donors (Lipinski definition) is 5. The molecule has 2 unspecified atom stereocenters. The van der Waals surface area contributed by atoms with Gasteiger partial charge in [-0.25, -0.2) is 10.0 Å². The summed E-state index contributed by atoms with van der Waals surface area (Å²) in [5.41, 5.74) is 0. The minimum absolute atomic E-state index is 0.123. The molecule has 0 radical (unpaired) electrons. The van der Waals surface area contributed by atoms with Gasteiger partial charge in [0.2, 0.25) is 5.12 Å². The molecule has 0 aliphatic carbocycles. The van der Waals surface area contributed by atoms with Crippen LogP contribution in [0.25, 0.3) is 0 Å². The third kappa shape index (κ3) is 81.8. The van der Waals surface area contributed by atoms with Gasteiger partial charge in [-0.1, -0.05) is 212 Å². The highest BCUT2D eigenvalue weighted by molar-refractivity contribution is 8.40. The molecule has 12 heteroatoms. The molecule has 0 spiro atoms. The molecule has 452 valence electrons. The maximum Gasteiger partial charge on any atom is 0.221 e. The van der Waals surface area contributed by atoms with Crippen molar-refractivity contribution in [1.82, 2.24) is 4.90 Å². The molecule has 0 saturated carbocycles. The van der Waals surface area contributed by atoms with Gasteiger partial charge in [0.05, 0.1) is 0 Å². The minimum atomic E-state index is -2.27. The van der Waals surface area contributed by atoms with Gasteiger partial charge >= 0.3 is 0 Å². The number of aliphatic hydroxyl groups is 2. The minimum Gasteiger partial charge on any atom is -0.396 e. The van der Waals surface area contributed by atoms with Crippen molar-refractivity contribution in [3.8, 4) is 0 Å². The van der Waals surface area contributed by atoms with E-state index in [4.69, 9.17) is 14.0 Å². The average molecular weight is 1130 g/mol. The second-order valence-corrected chi connectivity index (χ2v) is 34.2. The summed E-state index contributed by atoms with van der Waals surface area (Å²) in [5.74, 6) is 2.38. The summed E-state index contributed by atoms with van der Waals surface area (Å²) in [6.07, 6.45) is 59.1. The Labute approximate surface area is 470 Å². The molecule has 4 N–H and O–H groups in total. The van der Waals surface area contributed by atoms with Crippen molar-refractivity contribution in [1.29, 1.82) is 0 Å². The predicted molar refractivity (Wildman–Crippen MR) is 345 cm³/mol. The third-order valence-electron chi connectivity index (χ3n) is 12.4. The second-order valence-electron chi connectivity index (χ2n) is 23.1. The Kier molecular flexibility index (Phi) is 70.2. The standard InChI is InChI=1S/C35H73NO6S.C11H26S.C11H24.C3H10OS.CH4S/c1-5-7-9-11-13-23-31-41-33(35(39)43(3,4)40)25-17-15-19-27-36(29-21-22-30-37)28-20-16-18-26-34(38)42-32-24-14-12-10-8-6-2;1-5-6-7-8-9-10-11-12(2,3)4;1-4-5-6-7-8-9-10-11(2)3;1-5(2,3)4;1-2/h33-34,37-38,40H,5-32H2,1-4H3;5-11H2,1-4H3;11H,4-10H2,1-3H3;4H,1-3H3;2H,1H3. The van der Waals surface area contributed by atoms with Crippen LogP contribution >= 0.6 is 43.3 Å². The van der Waals surface area contributed by atoms with E-state index in [1.54, 1.807) is 18.8 Å². The van der Waals surface area contributed by atoms with Crippen LogP contribution in [0.5, 0.6) is 0 Å². The van der Waals surface area contributed by atoms with Crippen LogP contribution in [0, 0.1) is 5.92 Å². The molecule has 0 saturated heterocycles. The monoisotopic (exact) mass is 1120 g/mol. The van der Waals surface area contributed by atoms with Gasteiger partial charge in [0.15, 0.2) is 6.29 Å². The second kappa shape index (κ2) is 62.0. The summed E-state index contributed by atoms with van der Waals surface area (Å²) in [6, 6.07) is 0. The number of hydrogen-bond acceptors (Lipinski definition) is 9. The smallest absolute Gasteiger partial charge is 0.221 e. The van der Waals surface area contributed by atoms with Crippen molar-refractivity contribution in [2.75, 3.05) is 102 Å². The summed E-state index contributed by atoms with van der Waals surface area (Å²) < 4.78 is 30.6. The highest BCUT2D eigenvalue weighted by Crippen LogP contribution is 2.38. The van der Waals surface area contributed by atoms with Crippen LogP contribution < -0.4 is 0 Å². The summed E-state index contributed by atoms with van der Waals surface area (Å²) in [4.78, 5) is 15.3. The van der Waals surface area contributed by atoms with E-state index in [-0.39, 0.29) is 21.8 Å². The molecule has 0 heterocycles. The Balaban J connectivity index is -0.000000411. The molecule has 0 rings (SSSR count). The largest absolute Gasteiger partial charge is 0.396 e. The van der Waals surface area contributed by atoms with Gasteiger partial charge in [-0.2, -0.15) is 12.6 Å². The zero-order valence-electron chi connectivity index (χ0n) is 52.1. The van der Waals surface area contributed by atoms with Crippen molar-refractivity contribution in [2.24, 2.45) is 5.92 Å². The Bertz CT molecular complexity index is 1030. The lowest BCUT2D eigenvalue weighted by Gasteiger charge is -2.27. The Morgan fingerprint density at radius 3 is 1.18 bits per heavy atom. The maximum absolute atomic E-state index is 12.8. The molecule has 0 aromatic rings. The number of carbonyl (C=O) groups is 1. The van der Waals surface area contributed by atoms with Crippen molar-refractivity contribution in [2.45, 2.75) is 279 Å². The van der Waals surface area contributed by atoms with E-state index < -0.39 is 33.0 Å². The molecule has 0 bridgehead atoms. The van der Waals surface area contributed by atoms with Crippen LogP contribution in [0.2, 0.25) is 0 Å². The Hall–Kier alpha value is 0.790. The number of aliphatic hydroxyl groups excluding tert-OH is 2. The molecular formula is C61H137NO7S4. The van der Waals surface area contributed by atoms with Gasteiger partial charge in [0, 0.05) is 19.8 Å². The topological polar surface area (TPSA) is 120 Å². The van der Waals surface area contributed by atoms with Crippen LogP contribution in [-0.2, 0) is 14.3 Å². The number of ether oxygens (including phenoxy) is 2. The summed E-state index contributed by atoms with van der Waals surface area (Å²) in [6.45, 7) is 18.2.